The van der Waals surface area contributed by atoms with Crippen LogP contribution in [0.1, 0.15) is 18.1 Å². The van der Waals surface area contributed by atoms with Crippen molar-refractivity contribution in [3.05, 3.63) is 83.9 Å². The number of amides is 2. The number of carbonyl (C=O) groups is 1. The lowest BCUT2D eigenvalue weighted by Gasteiger charge is -2.24. The number of benzene rings is 3. The van der Waals surface area contributed by atoms with Crippen LogP contribution in [0.4, 0.5) is 4.79 Å². The van der Waals surface area contributed by atoms with Gasteiger partial charge in [0.2, 0.25) is 0 Å². The molecule has 1 unspecified atom stereocenters. The summed E-state index contributed by atoms with van der Waals surface area (Å²) in [6, 6.07) is 22.8. The molecular weight excluding hydrogens is 392 g/mol. The van der Waals surface area contributed by atoms with Crippen molar-refractivity contribution in [2.75, 3.05) is 20.8 Å². The van der Waals surface area contributed by atoms with Crippen LogP contribution < -0.4 is 20.1 Å². The van der Waals surface area contributed by atoms with Gasteiger partial charge in [-0.2, -0.15) is 0 Å². The molecule has 0 spiro atoms. The van der Waals surface area contributed by atoms with E-state index in [0.29, 0.717) is 18.0 Å². The highest BCUT2D eigenvalue weighted by atomic mass is 16.5. The number of hydrogen-bond donors (Lipinski definition) is 3. The molecule has 0 aliphatic carbocycles. The third-order valence-corrected chi connectivity index (χ3v) is 5.11. The normalized spacial score (nSPS) is 12.5. The van der Waals surface area contributed by atoms with E-state index in [4.69, 9.17) is 9.47 Å². The second-order valence-electron chi connectivity index (χ2n) is 7.44. The van der Waals surface area contributed by atoms with Gasteiger partial charge in [-0.3, -0.25) is 0 Å². The molecule has 0 aliphatic rings. The highest BCUT2D eigenvalue weighted by Crippen LogP contribution is 2.27. The van der Waals surface area contributed by atoms with E-state index in [1.54, 1.807) is 27.2 Å². The Kier molecular flexibility index (Phi) is 7.15. The monoisotopic (exact) mass is 420 g/mol. The van der Waals surface area contributed by atoms with Crippen molar-refractivity contribution in [3.8, 4) is 22.6 Å². The first-order valence-corrected chi connectivity index (χ1v) is 10.0. The highest BCUT2D eigenvalue weighted by Gasteiger charge is 2.23. The molecule has 3 aromatic carbocycles. The molecule has 0 aliphatic heterocycles. The molecule has 0 saturated carbocycles. The minimum absolute atomic E-state index is 0.0788. The van der Waals surface area contributed by atoms with Crippen LogP contribution in [0.2, 0.25) is 0 Å². The second kappa shape index (κ2) is 10.00. The summed E-state index contributed by atoms with van der Waals surface area (Å²) >= 11 is 0. The Balaban J connectivity index is 1.54. The fraction of sp³-hybridized carbons (Fsp3) is 0.240. The van der Waals surface area contributed by atoms with E-state index in [-0.39, 0.29) is 12.6 Å². The van der Waals surface area contributed by atoms with Gasteiger partial charge in [0, 0.05) is 6.54 Å². The number of ether oxygens (including phenoxy) is 2. The molecule has 0 bridgehead atoms. The summed E-state index contributed by atoms with van der Waals surface area (Å²) in [6.45, 7) is 2.08. The zero-order chi connectivity index (χ0) is 22.3. The number of carbonyl (C=O) groups excluding carboxylic acids is 1. The Bertz CT molecular complexity index is 1000. The van der Waals surface area contributed by atoms with Crippen LogP contribution >= 0.6 is 0 Å². The number of hydrogen-bond acceptors (Lipinski definition) is 4. The summed E-state index contributed by atoms with van der Waals surface area (Å²) in [5, 5.41) is 16.4. The fourth-order valence-corrected chi connectivity index (χ4v) is 3.24. The summed E-state index contributed by atoms with van der Waals surface area (Å²) in [5.74, 6) is 1.23. The number of rotatable bonds is 8. The van der Waals surface area contributed by atoms with Gasteiger partial charge in [-0.05, 0) is 41.3 Å². The molecule has 0 fully saturated rings. The summed E-state index contributed by atoms with van der Waals surface area (Å²) in [7, 11) is 3.14. The molecule has 0 radical (unpaired) electrons. The van der Waals surface area contributed by atoms with Crippen molar-refractivity contribution < 1.29 is 19.4 Å². The van der Waals surface area contributed by atoms with E-state index in [9.17, 15) is 9.90 Å². The number of methoxy groups -OCH3 is 2. The topological polar surface area (TPSA) is 79.8 Å². The van der Waals surface area contributed by atoms with Crippen LogP contribution in [-0.4, -0.2) is 31.9 Å². The lowest BCUT2D eigenvalue weighted by atomic mass is 9.94. The van der Waals surface area contributed by atoms with Gasteiger partial charge in [-0.15, -0.1) is 0 Å². The average Bonchev–Trinajstić information content (AvgIpc) is 2.82. The SMILES string of the molecule is COc1ccc(CNC(=O)NCC(C)(O)c2ccc(-c3ccccc3)cc2)cc1OC. The summed E-state index contributed by atoms with van der Waals surface area (Å²) in [6.07, 6.45) is 0. The van der Waals surface area contributed by atoms with E-state index in [1.165, 1.54) is 0 Å². The van der Waals surface area contributed by atoms with Gasteiger partial charge in [0.25, 0.3) is 0 Å². The average molecular weight is 421 g/mol. The number of urea groups is 1. The third kappa shape index (κ3) is 5.77. The quantitative estimate of drug-likeness (QED) is 0.513. The molecule has 3 aromatic rings. The largest absolute Gasteiger partial charge is 0.493 e. The Morgan fingerprint density at radius 2 is 1.52 bits per heavy atom. The first-order chi connectivity index (χ1) is 14.9. The maximum absolute atomic E-state index is 12.2. The van der Waals surface area contributed by atoms with Gasteiger partial charge in [0.05, 0.1) is 20.8 Å². The molecule has 6 nitrogen and oxygen atoms in total. The van der Waals surface area contributed by atoms with Crippen LogP contribution in [0.25, 0.3) is 11.1 Å². The second-order valence-corrected chi connectivity index (χ2v) is 7.44. The molecule has 0 aromatic heterocycles. The number of nitrogens with one attached hydrogen (secondary N) is 2. The lowest BCUT2D eigenvalue weighted by molar-refractivity contribution is 0.0594. The van der Waals surface area contributed by atoms with Gasteiger partial charge in [0.1, 0.15) is 5.60 Å². The van der Waals surface area contributed by atoms with Gasteiger partial charge in [-0.1, -0.05) is 60.7 Å². The zero-order valence-corrected chi connectivity index (χ0v) is 18.0. The summed E-state index contributed by atoms with van der Waals surface area (Å²) < 4.78 is 10.5. The maximum atomic E-state index is 12.2. The van der Waals surface area contributed by atoms with Crippen molar-refractivity contribution in [1.82, 2.24) is 10.6 Å². The highest BCUT2D eigenvalue weighted by molar-refractivity contribution is 5.74. The third-order valence-electron chi connectivity index (χ3n) is 5.11. The molecule has 3 rings (SSSR count). The first-order valence-electron chi connectivity index (χ1n) is 10.0. The lowest BCUT2D eigenvalue weighted by Crippen LogP contribution is -2.43. The van der Waals surface area contributed by atoms with Crippen molar-refractivity contribution in [2.24, 2.45) is 0 Å². The Morgan fingerprint density at radius 3 is 2.16 bits per heavy atom. The summed E-state index contributed by atoms with van der Waals surface area (Å²) in [4.78, 5) is 12.2. The van der Waals surface area contributed by atoms with Crippen LogP contribution in [0.3, 0.4) is 0 Å². The van der Waals surface area contributed by atoms with E-state index in [2.05, 4.69) is 10.6 Å². The van der Waals surface area contributed by atoms with E-state index in [0.717, 1.165) is 22.3 Å². The van der Waals surface area contributed by atoms with Crippen LogP contribution in [0.5, 0.6) is 11.5 Å². The molecule has 6 heteroatoms. The maximum Gasteiger partial charge on any atom is 0.315 e. The summed E-state index contributed by atoms with van der Waals surface area (Å²) in [5.41, 5.74) is 2.58. The Morgan fingerprint density at radius 1 is 0.871 bits per heavy atom. The van der Waals surface area contributed by atoms with Crippen molar-refractivity contribution in [1.29, 1.82) is 0 Å². The van der Waals surface area contributed by atoms with E-state index >= 15 is 0 Å². The molecule has 0 saturated heterocycles. The minimum atomic E-state index is -1.20. The molecule has 0 heterocycles. The minimum Gasteiger partial charge on any atom is -0.493 e. The fourth-order valence-electron chi connectivity index (χ4n) is 3.24. The van der Waals surface area contributed by atoms with E-state index in [1.807, 2.05) is 66.7 Å². The first kappa shape index (κ1) is 22.2. The molecule has 3 N–H and O–H groups in total. The predicted octanol–water partition coefficient (Wildman–Crippen LogP) is 4.08. The smallest absolute Gasteiger partial charge is 0.315 e. The molecule has 2 amide bonds. The van der Waals surface area contributed by atoms with Crippen LogP contribution in [0, 0.1) is 0 Å². The number of aliphatic hydroxyl groups is 1. The molecule has 31 heavy (non-hydrogen) atoms. The molecular formula is C25H28N2O4. The van der Waals surface area contributed by atoms with E-state index < -0.39 is 5.60 Å². The van der Waals surface area contributed by atoms with Crippen LogP contribution in [0.15, 0.2) is 72.8 Å². The Hall–Kier alpha value is -3.51. The van der Waals surface area contributed by atoms with Crippen molar-refractivity contribution in [3.63, 3.8) is 0 Å². The van der Waals surface area contributed by atoms with Crippen molar-refractivity contribution in [2.45, 2.75) is 19.1 Å². The van der Waals surface area contributed by atoms with Gasteiger partial charge in [0.15, 0.2) is 11.5 Å². The molecule has 1 atom stereocenters. The van der Waals surface area contributed by atoms with Gasteiger partial charge in [-0.25, -0.2) is 4.79 Å². The van der Waals surface area contributed by atoms with Crippen LogP contribution in [-0.2, 0) is 12.1 Å². The Labute approximate surface area is 182 Å². The van der Waals surface area contributed by atoms with Crippen molar-refractivity contribution >= 4 is 6.03 Å². The van der Waals surface area contributed by atoms with Gasteiger partial charge >= 0.3 is 6.03 Å². The van der Waals surface area contributed by atoms with Gasteiger partial charge < -0.3 is 25.2 Å². The zero-order valence-electron chi connectivity index (χ0n) is 18.0. The molecule has 162 valence electrons. The standard InChI is InChI=1S/C25H28N2O4/c1-25(29,21-12-10-20(11-13-21)19-7-5-4-6-8-19)17-27-24(28)26-16-18-9-14-22(30-2)23(15-18)31-3/h4-15,29H,16-17H2,1-3H3,(H2,26,27,28). The predicted molar refractivity (Wildman–Crippen MR) is 121 cm³/mol.